The topological polar surface area (TPSA) is 20.2 Å². The second-order valence-corrected chi connectivity index (χ2v) is 5.36. The van der Waals surface area contributed by atoms with Gasteiger partial charge in [0.2, 0.25) is 0 Å². The summed E-state index contributed by atoms with van der Waals surface area (Å²) < 4.78 is 0. The van der Waals surface area contributed by atoms with Gasteiger partial charge in [0, 0.05) is 0 Å². The van der Waals surface area contributed by atoms with Crippen LogP contribution in [0.25, 0.3) is 0 Å². The van der Waals surface area contributed by atoms with E-state index in [0.717, 1.165) is 12.8 Å². The van der Waals surface area contributed by atoms with Crippen LogP contribution in [0.4, 0.5) is 0 Å². The molecule has 0 amide bonds. The van der Waals surface area contributed by atoms with Crippen LogP contribution in [0, 0.1) is 5.92 Å². The third kappa shape index (κ3) is 4.30. The van der Waals surface area contributed by atoms with Gasteiger partial charge < -0.3 is 5.11 Å². The lowest BCUT2D eigenvalue weighted by atomic mass is 9.84. The van der Waals surface area contributed by atoms with Gasteiger partial charge in [0.05, 0.1) is 6.10 Å². The van der Waals surface area contributed by atoms with E-state index in [4.69, 9.17) is 0 Å². The molecule has 0 saturated heterocycles. The van der Waals surface area contributed by atoms with E-state index >= 15 is 0 Å². The molecule has 98 valence electrons. The summed E-state index contributed by atoms with van der Waals surface area (Å²) in [6.45, 7) is 0. The Balaban J connectivity index is 1.70. The zero-order chi connectivity index (χ0) is 12.6. The van der Waals surface area contributed by atoms with Crippen LogP contribution in [0.3, 0.4) is 0 Å². The van der Waals surface area contributed by atoms with Crippen molar-refractivity contribution in [3.8, 4) is 0 Å². The van der Waals surface area contributed by atoms with Crippen LogP contribution >= 0.6 is 0 Å². The lowest BCUT2D eigenvalue weighted by molar-refractivity contribution is 0.0873. The number of aliphatic hydroxyl groups excluding tert-OH is 1. The number of rotatable bonds is 5. The van der Waals surface area contributed by atoms with Crippen molar-refractivity contribution in [1.82, 2.24) is 0 Å². The first-order chi connectivity index (χ1) is 8.86. The Morgan fingerprint density at radius 2 is 1.78 bits per heavy atom. The van der Waals surface area contributed by atoms with Crippen LogP contribution in [0.15, 0.2) is 42.5 Å². The van der Waals surface area contributed by atoms with Gasteiger partial charge in [-0.1, -0.05) is 61.7 Å². The zero-order valence-corrected chi connectivity index (χ0v) is 11.1. The van der Waals surface area contributed by atoms with E-state index < -0.39 is 0 Å². The Bertz CT molecular complexity index is 349. The van der Waals surface area contributed by atoms with Crippen molar-refractivity contribution in [2.24, 2.45) is 5.92 Å². The van der Waals surface area contributed by atoms with Crippen LogP contribution < -0.4 is 0 Å². The molecule has 18 heavy (non-hydrogen) atoms. The molecule has 1 unspecified atom stereocenters. The van der Waals surface area contributed by atoms with E-state index in [0.29, 0.717) is 5.92 Å². The predicted octanol–water partition coefficient (Wildman–Crippen LogP) is 4.12. The van der Waals surface area contributed by atoms with Crippen molar-refractivity contribution in [2.75, 3.05) is 0 Å². The highest BCUT2D eigenvalue weighted by Crippen LogP contribution is 2.27. The predicted molar refractivity (Wildman–Crippen MR) is 76.5 cm³/mol. The largest absolute Gasteiger partial charge is 0.393 e. The molecular weight excluding hydrogens is 220 g/mol. The summed E-state index contributed by atoms with van der Waals surface area (Å²) in [5.74, 6) is 0.542. The number of benzene rings is 1. The van der Waals surface area contributed by atoms with Crippen molar-refractivity contribution >= 4 is 0 Å². The first-order valence-electron chi connectivity index (χ1n) is 7.23. The third-order valence-electron chi connectivity index (χ3n) is 3.93. The normalized spacial score (nSPS) is 19.2. The Hall–Kier alpha value is -1.08. The number of aliphatic hydroxyl groups is 1. The molecule has 1 aromatic rings. The molecule has 2 rings (SSSR count). The minimum atomic E-state index is -0.127. The fraction of sp³-hybridized carbons (Fsp3) is 0.529. The Labute approximate surface area is 111 Å². The van der Waals surface area contributed by atoms with E-state index in [1.165, 1.54) is 37.7 Å². The van der Waals surface area contributed by atoms with E-state index in [2.05, 4.69) is 36.4 Å². The molecule has 1 atom stereocenters. The SMILES string of the molecule is OC(C/C=C/Cc1ccccc1)C1CCCCC1. The third-order valence-corrected chi connectivity index (χ3v) is 3.93. The summed E-state index contributed by atoms with van der Waals surface area (Å²) in [5, 5.41) is 10.1. The molecule has 1 N–H and O–H groups in total. The van der Waals surface area contributed by atoms with E-state index in [1.807, 2.05) is 6.07 Å². The molecule has 0 heterocycles. The maximum Gasteiger partial charge on any atom is 0.0602 e. The Morgan fingerprint density at radius 1 is 1.06 bits per heavy atom. The molecule has 0 aromatic heterocycles. The van der Waals surface area contributed by atoms with Crippen LogP contribution in [-0.4, -0.2) is 11.2 Å². The van der Waals surface area contributed by atoms with E-state index in [-0.39, 0.29) is 6.10 Å². The average molecular weight is 244 g/mol. The second-order valence-electron chi connectivity index (χ2n) is 5.36. The second kappa shape index (κ2) is 7.38. The van der Waals surface area contributed by atoms with Crippen molar-refractivity contribution < 1.29 is 5.11 Å². The number of allylic oxidation sites excluding steroid dienone is 1. The summed E-state index contributed by atoms with van der Waals surface area (Å²) in [5.41, 5.74) is 1.33. The first-order valence-corrected chi connectivity index (χ1v) is 7.23. The quantitative estimate of drug-likeness (QED) is 0.773. The van der Waals surface area contributed by atoms with Crippen LogP contribution in [0.5, 0.6) is 0 Å². The fourth-order valence-corrected chi connectivity index (χ4v) is 2.78. The van der Waals surface area contributed by atoms with Gasteiger partial charge in [-0.15, -0.1) is 0 Å². The molecule has 0 radical (unpaired) electrons. The molecule has 0 aliphatic heterocycles. The zero-order valence-electron chi connectivity index (χ0n) is 11.1. The monoisotopic (exact) mass is 244 g/mol. The lowest BCUT2D eigenvalue weighted by Crippen LogP contribution is -2.22. The Kier molecular flexibility index (Phi) is 5.47. The average Bonchev–Trinajstić information content (AvgIpc) is 2.45. The molecule has 1 aromatic carbocycles. The lowest BCUT2D eigenvalue weighted by Gasteiger charge is -2.25. The van der Waals surface area contributed by atoms with Gasteiger partial charge in [0.15, 0.2) is 0 Å². The molecule has 1 aliphatic carbocycles. The molecule has 1 fully saturated rings. The van der Waals surface area contributed by atoms with Gasteiger partial charge in [-0.25, -0.2) is 0 Å². The van der Waals surface area contributed by atoms with Gasteiger partial charge >= 0.3 is 0 Å². The summed E-state index contributed by atoms with van der Waals surface area (Å²) in [6, 6.07) is 10.5. The maximum absolute atomic E-state index is 10.1. The van der Waals surface area contributed by atoms with Crippen molar-refractivity contribution in [3.05, 3.63) is 48.0 Å². The Morgan fingerprint density at radius 3 is 2.50 bits per heavy atom. The smallest absolute Gasteiger partial charge is 0.0602 e. The van der Waals surface area contributed by atoms with E-state index in [1.54, 1.807) is 0 Å². The fourth-order valence-electron chi connectivity index (χ4n) is 2.78. The highest BCUT2D eigenvalue weighted by Gasteiger charge is 2.20. The molecule has 0 bridgehead atoms. The standard InChI is InChI=1S/C17H24O/c18-17(16-12-5-2-6-13-16)14-8-7-11-15-9-3-1-4-10-15/h1,3-4,7-10,16-18H,2,5-6,11-14H2/b8-7+. The molecule has 1 aliphatic rings. The summed E-state index contributed by atoms with van der Waals surface area (Å²) in [4.78, 5) is 0. The number of hydrogen-bond acceptors (Lipinski definition) is 1. The van der Waals surface area contributed by atoms with Crippen molar-refractivity contribution in [3.63, 3.8) is 0 Å². The van der Waals surface area contributed by atoms with Crippen LogP contribution in [0.1, 0.15) is 44.1 Å². The minimum absolute atomic E-state index is 0.127. The molecule has 0 spiro atoms. The highest BCUT2D eigenvalue weighted by molar-refractivity contribution is 5.17. The maximum atomic E-state index is 10.1. The van der Waals surface area contributed by atoms with Gasteiger partial charge in [0.25, 0.3) is 0 Å². The summed E-state index contributed by atoms with van der Waals surface area (Å²) in [6.07, 6.45) is 12.4. The van der Waals surface area contributed by atoms with Gasteiger partial charge in [-0.2, -0.15) is 0 Å². The van der Waals surface area contributed by atoms with Crippen LogP contribution in [-0.2, 0) is 6.42 Å². The summed E-state index contributed by atoms with van der Waals surface area (Å²) in [7, 11) is 0. The highest BCUT2D eigenvalue weighted by atomic mass is 16.3. The van der Waals surface area contributed by atoms with Gasteiger partial charge in [-0.3, -0.25) is 0 Å². The molecule has 1 heteroatoms. The van der Waals surface area contributed by atoms with Gasteiger partial charge in [-0.05, 0) is 37.2 Å². The molecular formula is C17H24O. The minimum Gasteiger partial charge on any atom is -0.393 e. The number of hydrogen-bond donors (Lipinski definition) is 1. The molecule has 1 saturated carbocycles. The summed E-state index contributed by atoms with van der Waals surface area (Å²) >= 11 is 0. The van der Waals surface area contributed by atoms with E-state index in [9.17, 15) is 5.11 Å². The van der Waals surface area contributed by atoms with Gasteiger partial charge in [0.1, 0.15) is 0 Å². The van der Waals surface area contributed by atoms with Crippen LogP contribution in [0.2, 0.25) is 0 Å². The van der Waals surface area contributed by atoms with Crippen molar-refractivity contribution in [1.29, 1.82) is 0 Å². The first kappa shape index (κ1) is 13.4. The molecule has 1 nitrogen and oxygen atoms in total. The van der Waals surface area contributed by atoms with Crippen molar-refractivity contribution in [2.45, 2.75) is 51.0 Å².